The van der Waals surface area contributed by atoms with Gasteiger partial charge in [-0.05, 0) is 48.6 Å². The zero-order valence-electron chi connectivity index (χ0n) is 16.7. The van der Waals surface area contributed by atoms with Gasteiger partial charge in [0, 0.05) is 30.5 Å². The Kier molecular flexibility index (Phi) is 5.99. The number of thiophene rings is 1. The van der Waals surface area contributed by atoms with E-state index in [1.807, 2.05) is 29.1 Å². The van der Waals surface area contributed by atoms with Crippen molar-refractivity contribution in [1.82, 2.24) is 14.8 Å². The van der Waals surface area contributed by atoms with Gasteiger partial charge in [-0.2, -0.15) is 0 Å². The first-order valence-corrected chi connectivity index (χ1v) is 13.1. The minimum atomic E-state index is -3.29. The number of Topliss-reactive ketones (excluding diaryl/α,β-unsaturated/α-hetero) is 1. The van der Waals surface area contributed by atoms with E-state index in [0.29, 0.717) is 29.4 Å². The average molecular weight is 463 g/mol. The molecule has 0 saturated heterocycles. The lowest BCUT2D eigenvalue weighted by molar-refractivity contribution is 0.102. The first-order valence-electron chi connectivity index (χ1n) is 9.59. The summed E-state index contributed by atoms with van der Waals surface area (Å²) in [4.78, 5) is 13.9. The first-order chi connectivity index (χ1) is 14.4. The van der Waals surface area contributed by atoms with Crippen LogP contribution in [0.15, 0.2) is 40.9 Å². The molecule has 1 aromatic carbocycles. The molecule has 3 aromatic rings. The number of hydrogen-bond acceptors (Lipinski definition) is 7. The smallest absolute Gasteiger partial charge is 0.234 e. The molecule has 2 aromatic heterocycles. The summed E-state index contributed by atoms with van der Waals surface area (Å²) in [7, 11) is -1.37. The van der Waals surface area contributed by atoms with Crippen LogP contribution in [0.2, 0.25) is 0 Å². The van der Waals surface area contributed by atoms with Gasteiger partial charge in [-0.1, -0.05) is 17.8 Å². The maximum absolute atomic E-state index is 12.7. The highest BCUT2D eigenvalue weighted by Gasteiger charge is 2.28. The molecule has 3 heterocycles. The van der Waals surface area contributed by atoms with Gasteiger partial charge in [0.1, 0.15) is 5.82 Å². The van der Waals surface area contributed by atoms with Crippen LogP contribution >= 0.6 is 23.1 Å². The number of fused-ring (bicyclic) bond motifs is 1. The lowest BCUT2D eigenvalue weighted by atomic mass is 10.1. The summed E-state index contributed by atoms with van der Waals surface area (Å²) in [6.45, 7) is 2.07. The Labute approximate surface area is 184 Å². The fourth-order valence-electron chi connectivity index (χ4n) is 3.40. The van der Waals surface area contributed by atoms with Crippen molar-refractivity contribution in [1.29, 1.82) is 0 Å². The molecular weight excluding hydrogens is 440 g/mol. The lowest BCUT2D eigenvalue weighted by Gasteiger charge is -2.18. The molecule has 0 unspecified atom stereocenters. The highest BCUT2D eigenvalue weighted by atomic mass is 32.2. The van der Waals surface area contributed by atoms with E-state index < -0.39 is 10.0 Å². The molecule has 1 aliphatic rings. The molecule has 0 bridgehead atoms. The molecule has 0 fully saturated rings. The second-order valence-electron chi connectivity index (χ2n) is 6.99. The molecule has 0 N–H and O–H groups in total. The third-order valence-electron chi connectivity index (χ3n) is 5.12. The van der Waals surface area contributed by atoms with Crippen LogP contribution < -0.4 is 4.31 Å². The van der Waals surface area contributed by atoms with Crippen molar-refractivity contribution in [3.05, 3.63) is 57.5 Å². The molecule has 1 aliphatic heterocycles. The molecule has 0 spiro atoms. The highest BCUT2D eigenvalue weighted by molar-refractivity contribution is 7.99. The Hall–Kier alpha value is -2.17. The van der Waals surface area contributed by atoms with Crippen molar-refractivity contribution < 1.29 is 13.2 Å². The number of benzene rings is 1. The number of carbonyl (C=O) groups is 1. The zero-order valence-corrected chi connectivity index (χ0v) is 19.2. The van der Waals surface area contributed by atoms with Crippen LogP contribution in [-0.2, 0) is 29.9 Å². The molecule has 10 heteroatoms. The van der Waals surface area contributed by atoms with E-state index >= 15 is 0 Å². The molecule has 4 rings (SSSR count). The third kappa shape index (κ3) is 4.17. The van der Waals surface area contributed by atoms with E-state index in [0.717, 1.165) is 17.8 Å². The molecular formula is C20H22N4O3S3. The molecule has 0 saturated carbocycles. The van der Waals surface area contributed by atoms with Crippen molar-refractivity contribution in [2.24, 2.45) is 7.05 Å². The minimum Gasteiger partial charge on any atom is -0.309 e. The van der Waals surface area contributed by atoms with Crippen LogP contribution in [0.4, 0.5) is 5.69 Å². The predicted octanol–water partition coefficient (Wildman–Crippen LogP) is 3.15. The van der Waals surface area contributed by atoms with Gasteiger partial charge in [0.15, 0.2) is 10.9 Å². The minimum absolute atomic E-state index is 0.0117. The Morgan fingerprint density at radius 1 is 1.27 bits per heavy atom. The van der Waals surface area contributed by atoms with E-state index in [1.54, 1.807) is 30.4 Å². The van der Waals surface area contributed by atoms with Crippen LogP contribution in [0.1, 0.15) is 33.5 Å². The van der Waals surface area contributed by atoms with Gasteiger partial charge < -0.3 is 4.57 Å². The number of carbonyl (C=O) groups excluding carboxylic acids is 1. The number of hydrogen-bond donors (Lipinski definition) is 0. The maximum atomic E-state index is 12.7. The number of ketones is 1. The van der Waals surface area contributed by atoms with Gasteiger partial charge in [-0.15, -0.1) is 21.5 Å². The van der Waals surface area contributed by atoms with Crippen molar-refractivity contribution in [3.63, 3.8) is 0 Å². The second-order valence-corrected chi connectivity index (χ2v) is 11.1. The normalized spacial score (nSPS) is 13.6. The molecule has 0 amide bonds. The summed E-state index contributed by atoms with van der Waals surface area (Å²) in [6.07, 6.45) is 1.34. The van der Waals surface area contributed by atoms with E-state index in [4.69, 9.17) is 0 Å². The van der Waals surface area contributed by atoms with Gasteiger partial charge in [-0.3, -0.25) is 9.10 Å². The number of sulfonamides is 1. The fraction of sp³-hybridized carbons (Fsp3) is 0.350. The van der Waals surface area contributed by atoms with Crippen molar-refractivity contribution in [2.75, 3.05) is 22.4 Å². The third-order valence-corrected chi connectivity index (χ3v) is 8.80. The monoisotopic (exact) mass is 462 g/mol. The first kappa shape index (κ1) is 21.1. The topological polar surface area (TPSA) is 85.2 Å². The predicted molar refractivity (Wildman–Crippen MR) is 120 cm³/mol. The van der Waals surface area contributed by atoms with Crippen molar-refractivity contribution >= 4 is 44.6 Å². The van der Waals surface area contributed by atoms with Crippen molar-refractivity contribution in [3.8, 4) is 0 Å². The number of thioether (sulfide) groups is 1. The number of nitrogens with zero attached hydrogens (tertiary/aromatic N) is 4. The summed E-state index contributed by atoms with van der Waals surface area (Å²) >= 11 is 3.04. The van der Waals surface area contributed by atoms with E-state index in [9.17, 15) is 13.2 Å². The summed E-state index contributed by atoms with van der Waals surface area (Å²) in [6, 6.07) is 9.36. The zero-order chi connectivity index (χ0) is 21.3. The second kappa shape index (κ2) is 8.52. The standard InChI is InChI=1S/C20H22N4O3S3/c1-3-30(26,27)24-9-8-14-11-15(6-7-17(14)24)18(25)13-29-20-22-21-19(23(20)2)12-16-5-4-10-28-16/h4-7,10-11H,3,8-9,12-13H2,1-2H3. The summed E-state index contributed by atoms with van der Waals surface area (Å²) in [5, 5.41) is 11.2. The molecule has 0 radical (unpaired) electrons. The Bertz CT molecular complexity index is 1170. The van der Waals surface area contributed by atoms with Gasteiger partial charge in [-0.25, -0.2) is 8.42 Å². The Balaban J connectivity index is 1.43. The van der Waals surface area contributed by atoms with E-state index in [1.165, 1.54) is 20.9 Å². The lowest BCUT2D eigenvalue weighted by Crippen LogP contribution is -2.30. The Morgan fingerprint density at radius 3 is 2.83 bits per heavy atom. The average Bonchev–Trinajstić information content (AvgIpc) is 3.47. The summed E-state index contributed by atoms with van der Waals surface area (Å²) in [5.74, 6) is 1.17. The highest BCUT2D eigenvalue weighted by Crippen LogP contribution is 2.32. The molecule has 7 nitrogen and oxygen atoms in total. The Morgan fingerprint density at radius 2 is 2.10 bits per heavy atom. The van der Waals surface area contributed by atoms with E-state index in [2.05, 4.69) is 16.3 Å². The van der Waals surface area contributed by atoms with Crippen molar-refractivity contribution in [2.45, 2.75) is 24.9 Å². The largest absolute Gasteiger partial charge is 0.309 e. The maximum Gasteiger partial charge on any atom is 0.234 e. The molecule has 0 aliphatic carbocycles. The SMILES string of the molecule is CCS(=O)(=O)N1CCc2cc(C(=O)CSc3nnc(Cc4cccs4)n3C)ccc21. The molecule has 0 atom stereocenters. The van der Waals surface area contributed by atoms with Gasteiger partial charge >= 0.3 is 0 Å². The van der Waals surface area contributed by atoms with Gasteiger partial charge in [0.05, 0.1) is 17.2 Å². The van der Waals surface area contributed by atoms with Crippen LogP contribution in [-0.4, -0.2) is 47.0 Å². The number of anilines is 1. The number of aromatic nitrogens is 3. The van der Waals surface area contributed by atoms with E-state index in [-0.39, 0.29) is 17.3 Å². The van der Waals surface area contributed by atoms with Gasteiger partial charge in [0.2, 0.25) is 10.0 Å². The quantitative estimate of drug-likeness (QED) is 0.378. The summed E-state index contributed by atoms with van der Waals surface area (Å²) < 4.78 is 27.8. The number of rotatable bonds is 8. The van der Waals surface area contributed by atoms with Crippen LogP contribution in [0.25, 0.3) is 0 Å². The van der Waals surface area contributed by atoms with Crippen LogP contribution in [0.5, 0.6) is 0 Å². The fourth-order valence-corrected chi connectivity index (χ4v) is 6.08. The summed E-state index contributed by atoms with van der Waals surface area (Å²) in [5.41, 5.74) is 2.19. The molecule has 30 heavy (non-hydrogen) atoms. The van der Waals surface area contributed by atoms with Crippen LogP contribution in [0.3, 0.4) is 0 Å². The van der Waals surface area contributed by atoms with Crippen LogP contribution in [0, 0.1) is 0 Å². The molecule has 158 valence electrons. The van der Waals surface area contributed by atoms with Gasteiger partial charge in [0.25, 0.3) is 0 Å².